The van der Waals surface area contributed by atoms with Crippen molar-refractivity contribution in [3.63, 3.8) is 0 Å². The zero-order valence-electron chi connectivity index (χ0n) is 14.7. The van der Waals surface area contributed by atoms with Crippen molar-refractivity contribution in [3.05, 3.63) is 95.6 Å². The predicted octanol–water partition coefficient (Wildman–Crippen LogP) is 5.55. The molecule has 4 aromatic rings. The summed E-state index contributed by atoms with van der Waals surface area (Å²) in [5.74, 6) is -0.852. The number of hydrogen-bond donors (Lipinski definition) is 0. The minimum absolute atomic E-state index is 0.593. The summed E-state index contributed by atoms with van der Waals surface area (Å²) in [7, 11) is 0. The second-order valence-electron chi connectivity index (χ2n) is 6.85. The third kappa shape index (κ3) is 2.27. The normalized spacial score (nSPS) is 16.3. The highest BCUT2D eigenvalue weighted by atomic mass is 16.7. The SMILES string of the molecule is Cc1ccc2ccccc2c1C1(c2ccc3ccccc3c2)OCCO1. The smallest absolute Gasteiger partial charge is 0.223 e. The predicted molar refractivity (Wildman–Crippen MR) is 105 cm³/mol. The van der Waals surface area contributed by atoms with Crippen LogP contribution in [0, 0.1) is 6.92 Å². The van der Waals surface area contributed by atoms with Crippen molar-refractivity contribution in [1.29, 1.82) is 0 Å². The highest BCUT2D eigenvalue weighted by molar-refractivity contribution is 5.89. The Morgan fingerprint density at radius 2 is 1.35 bits per heavy atom. The molecule has 5 rings (SSSR count). The Balaban J connectivity index is 1.82. The molecule has 4 aromatic carbocycles. The van der Waals surface area contributed by atoms with Gasteiger partial charge in [-0.25, -0.2) is 0 Å². The first-order chi connectivity index (χ1) is 12.8. The standard InChI is InChI=1S/C24H20O2/c1-17-10-11-19-7-4-5-9-22(19)23(17)24(25-14-15-26-24)21-13-12-18-6-2-3-8-20(18)16-21/h2-13,16H,14-15H2,1H3. The Labute approximate surface area is 153 Å². The van der Waals surface area contributed by atoms with Gasteiger partial charge in [0, 0.05) is 11.1 Å². The topological polar surface area (TPSA) is 18.5 Å². The Morgan fingerprint density at radius 3 is 2.15 bits per heavy atom. The molecule has 0 saturated carbocycles. The number of ether oxygens (including phenoxy) is 2. The molecule has 1 heterocycles. The number of fused-ring (bicyclic) bond motifs is 2. The summed E-state index contributed by atoms with van der Waals surface area (Å²) in [5.41, 5.74) is 3.34. The van der Waals surface area contributed by atoms with Crippen molar-refractivity contribution in [2.24, 2.45) is 0 Å². The molecular formula is C24H20O2. The van der Waals surface area contributed by atoms with Crippen molar-refractivity contribution in [2.45, 2.75) is 12.7 Å². The molecule has 1 aliphatic rings. The molecule has 0 radical (unpaired) electrons. The maximum absolute atomic E-state index is 6.33. The van der Waals surface area contributed by atoms with E-state index in [2.05, 4.69) is 85.8 Å². The van der Waals surface area contributed by atoms with Crippen molar-refractivity contribution >= 4 is 21.5 Å². The molecule has 0 aliphatic carbocycles. The van der Waals surface area contributed by atoms with Crippen LogP contribution in [-0.2, 0) is 15.3 Å². The maximum Gasteiger partial charge on any atom is 0.223 e. The van der Waals surface area contributed by atoms with Gasteiger partial charge >= 0.3 is 0 Å². The van der Waals surface area contributed by atoms with Gasteiger partial charge in [-0.15, -0.1) is 0 Å². The molecule has 0 spiro atoms. The van der Waals surface area contributed by atoms with Gasteiger partial charge in [-0.05, 0) is 40.1 Å². The largest absolute Gasteiger partial charge is 0.340 e. The van der Waals surface area contributed by atoms with Crippen LogP contribution in [-0.4, -0.2) is 13.2 Å². The lowest BCUT2D eigenvalue weighted by Crippen LogP contribution is -2.30. The first-order valence-corrected chi connectivity index (χ1v) is 9.04. The van der Waals surface area contributed by atoms with E-state index in [1.807, 2.05) is 0 Å². The summed E-state index contributed by atoms with van der Waals surface area (Å²) in [6.07, 6.45) is 0. The Bertz CT molecular complexity index is 1110. The zero-order valence-corrected chi connectivity index (χ0v) is 14.7. The number of aryl methyl sites for hydroxylation is 1. The van der Waals surface area contributed by atoms with E-state index in [-0.39, 0.29) is 0 Å². The van der Waals surface area contributed by atoms with Crippen LogP contribution in [0.3, 0.4) is 0 Å². The quantitative estimate of drug-likeness (QED) is 0.476. The first-order valence-electron chi connectivity index (χ1n) is 9.04. The molecule has 0 amide bonds. The fraction of sp³-hybridized carbons (Fsp3) is 0.167. The van der Waals surface area contributed by atoms with E-state index in [4.69, 9.17) is 9.47 Å². The van der Waals surface area contributed by atoms with E-state index in [0.717, 1.165) is 11.1 Å². The fourth-order valence-corrected chi connectivity index (χ4v) is 4.08. The molecule has 0 N–H and O–H groups in total. The van der Waals surface area contributed by atoms with E-state index in [1.54, 1.807) is 0 Å². The van der Waals surface area contributed by atoms with Crippen LogP contribution in [0.5, 0.6) is 0 Å². The third-order valence-corrected chi connectivity index (χ3v) is 5.29. The number of hydrogen-bond acceptors (Lipinski definition) is 2. The van der Waals surface area contributed by atoms with Gasteiger partial charge in [-0.2, -0.15) is 0 Å². The molecular weight excluding hydrogens is 320 g/mol. The zero-order chi connectivity index (χ0) is 17.6. The molecule has 0 unspecified atom stereocenters. The Morgan fingerprint density at radius 1 is 0.692 bits per heavy atom. The first kappa shape index (κ1) is 15.6. The molecule has 1 fully saturated rings. The molecule has 0 atom stereocenters. The molecule has 26 heavy (non-hydrogen) atoms. The third-order valence-electron chi connectivity index (χ3n) is 5.29. The van der Waals surface area contributed by atoms with Gasteiger partial charge < -0.3 is 9.47 Å². The van der Waals surface area contributed by atoms with Crippen LogP contribution in [0.1, 0.15) is 16.7 Å². The van der Waals surface area contributed by atoms with Gasteiger partial charge in [0.05, 0.1) is 13.2 Å². The average Bonchev–Trinajstić information content (AvgIpc) is 3.18. The number of benzene rings is 4. The lowest BCUT2D eigenvalue weighted by atomic mass is 9.88. The Hall–Kier alpha value is -2.68. The summed E-state index contributed by atoms with van der Waals surface area (Å²) >= 11 is 0. The summed E-state index contributed by atoms with van der Waals surface area (Å²) in [4.78, 5) is 0. The van der Waals surface area contributed by atoms with E-state index in [9.17, 15) is 0 Å². The lowest BCUT2D eigenvalue weighted by Gasteiger charge is -2.31. The van der Waals surface area contributed by atoms with E-state index in [1.165, 1.54) is 27.1 Å². The average molecular weight is 340 g/mol. The van der Waals surface area contributed by atoms with Crippen molar-refractivity contribution in [3.8, 4) is 0 Å². The molecule has 1 saturated heterocycles. The minimum atomic E-state index is -0.852. The monoisotopic (exact) mass is 340 g/mol. The van der Waals surface area contributed by atoms with Crippen molar-refractivity contribution in [1.82, 2.24) is 0 Å². The maximum atomic E-state index is 6.33. The van der Waals surface area contributed by atoms with Gasteiger partial charge in [0.25, 0.3) is 0 Å². The van der Waals surface area contributed by atoms with Gasteiger partial charge in [0.1, 0.15) is 0 Å². The fourth-order valence-electron chi connectivity index (χ4n) is 4.08. The lowest BCUT2D eigenvalue weighted by molar-refractivity contribution is -0.129. The molecule has 128 valence electrons. The molecule has 1 aliphatic heterocycles. The van der Waals surface area contributed by atoms with Crippen LogP contribution in [0.2, 0.25) is 0 Å². The molecule has 2 heteroatoms. The van der Waals surface area contributed by atoms with Crippen molar-refractivity contribution in [2.75, 3.05) is 13.2 Å². The summed E-state index contributed by atoms with van der Waals surface area (Å²) in [6.45, 7) is 3.32. The molecule has 0 bridgehead atoms. The van der Waals surface area contributed by atoms with Crippen LogP contribution >= 0.6 is 0 Å². The highest BCUT2D eigenvalue weighted by Gasteiger charge is 2.42. The highest BCUT2D eigenvalue weighted by Crippen LogP contribution is 2.43. The number of rotatable bonds is 2. The van der Waals surface area contributed by atoms with Gasteiger partial charge in [-0.3, -0.25) is 0 Å². The minimum Gasteiger partial charge on any atom is -0.340 e. The van der Waals surface area contributed by atoms with E-state index >= 15 is 0 Å². The van der Waals surface area contributed by atoms with E-state index < -0.39 is 5.79 Å². The molecule has 2 nitrogen and oxygen atoms in total. The molecule has 0 aromatic heterocycles. The van der Waals surface area contributed by atoms with Gasteiger partial charge in [0.2, 0.25) is 5.79 Å². The second-order valence-corrected chi connectivity index (χ2v) is 6.85. The van der Waals surface area contributed by atoms with E-state index in [0.29, 0.717) is 13.2 Å². The van der Waals surface area contributed by atoms with Gasteiger partial charge in [-0.1, -0.05) is 72.8 Å². The van der Waals surface area contributed by atoms with Crippen molar-refractivity contribution < 1.29 is 9.47 Å². The van der Waals surface area contributed by atoms with Crippen LogP contribution in [0.4, 0.5) is 0 Å². The van der Waals surface area contributed by atoms with Crippen LogP contribution in [0.15, 0.2) is 78.9 Å². The van der Waals surface area contributed by atoms with Gasteiger partial charge in [0.15, 0.2) is 0 Å². The summed E-state index contributed by atoms with van der Waals surface area (Å²) in [5, 5.41) is 4.80. The second kappa shape index (κ2) is 5.94. The summed E-state index contributed by atoms with van der Waals surface area (Å²) < 4.78 is 12.7. The Kier molecular flexibility index (Phi) is 3.56. The van der Waals surface area contributed by atoms with Crippen LogP contribution in [0.25, 0.3) is 21.5 Å². The summed E-state index contributed by atoms with van der Waals surface area (Å²) in [6, 6.07) is 27.6. The van der Waals surface area contributed by atoms with Crippen LogP contribution < -0.4 is 0 Å².